The first-order valence-electron chi connectivity index (χ1n) is 10.0. The van der Waals surface area contributed by atoms with Gasteiger partial charge in [0.05, 0.1) is 0 Å². The van der Waals surface area contributed by atoms with E-state index in [0.29, 0.717) is 48.8 Å². The fourth-order valence-corrected chi connectivity index (χ4v) is 3.54. The van der Waals surface area contributed by atoms with Crippen molar-refractivity contribution >= 4 is 17.6 Å². The number of oxazole rings is 1. The number of hydrogen-bond donors (Lipinski definition) is 0. The molecule has 1 fully saturated rings. The average Bonchev–Trinajstić information content (AvgIpc) is 3.13. The van der Waals surface area contributed by atoms with Gasteiger partial charge in [0.15, 0.2) is 17.4 Å². The summed E-state index contributed by atoms with van der Waals surface area (Å²) in [6, 6.07) is 5.34. The van der Waals surface area contributed by atoms with Crippen molar-refractivity contribution in [2.24, 2.45) is 0 Å². The minimum absolute atomic E-state index is 0.0531. The Labute approximate surface area is 174 Å². The molecule has 7 nitrogen and oxygen atoms in total. The summed E-state index contributed by atoms with van der Waals surface area (Å²) in [4.78, 5) is 44.4. The fourth-order valence-electron chi connectivity index (χ4n) is 3.54. The van der Waals surface area contributed by atoms with Gasteiger partial charge in [-0.2, -0.15) is 0 Å². The molecule has 0 bridgehead atoms. The van der Waals surface area contributed by atoms with E-state index in [-0.39, 0.29) is 36.4 Å². The zero-order chi connectivity index (χ0) is 21.8. The molecule has 1 aliphatic rings. The number of Topliss-reactive ketones (excluding diaryl/α,β-unsaturated/α-hetero) is 1. The fraction of sp³-hybridized carbons (Fsp3) is 0.455. The van der Waals surface area contributed by atoms with Gasteiger partial charge in [-0.25, -0.2) is 9.37 Å². The van der Waals surface area contributed by atoms with Crippen molar-refractivity contribution in [1.29, 1.82) is 0 Å². The number of ketones is 1. The molecule has 1 aromatic heterocycles. The molecular weight excluding hydrogens is 389 g/mol. The maximum atomic E-state index is 13.0. The van der Waals surface area contributed by atoms with Crippen LogP contribution in [-0.2, 0) is 4.79 Å². The van der Waals surface area contributed by atoms with Crippen molar-refractivity contribution < 1.29 is 23.2 Å². The van der Waals surface area contributed by atoms with Crippen molar-refractivity contribution in [2.75, 3.05) is 27.2 Å². The van der Waals surface area contributed by atoms with Crippen LogP contribution in [0.4, 0.5) is 4.39 Å². The number of carbonyl (C=O) groups excluding carboxylic acids is 3. The lowest BCUT2D eigenvalue weighted by Gasteiger charge is -2.30. The summed E-state index contributed by atoms with van der Waals surface area (Å²) < 4.78 is 18.7. The number of piperidine rings is 1. The van der Waals surface area contributed by atoms with Gasteiger partial charge >= 0.3 is 0 Å². The smallest absolute Gasteiger partial charge is 0.275 e. The molecule has 30 heavy (non-hydrogen) atoms. The Morgan fingerprint density at radius 3 is 2.37 bits per heavy atom. The standard InChI is InChI=1S/C22H26FN3O4/c1-14-20(22(29)25(2)3)24-21(30-14)16-10-12-26(13-11-16)19(28)9-8-18(27)15-4-6-17(23)7-5-15/h4-7,16H,8-13H2,1-3H3. The predicted molar refractivity (Wildman–Crippen MR) is 108 cm³/mol. The number of aromatic nitrogens is 1. The van der Waals surface area contributed by atoms with Crippen molar-refractivity contribution in [2.45, 2.75) is 38.5 Å². The molecule has 2 amide bonds. The number of aryl methyl sites for hydroxylation is 1. The Kier molecular flexibility index (Phi) is 6.64. The lowest BCUT2D eigenvalue weighted by Crippen LogP contribution is -2.38. The van der Waals surface area contributed by atoms with Gasteiger partial charge in [0.2, 0.25) is 5.91 Å². The van der Waals surface area contributed by atoms with E-state index < -0.39 is 5.82 Å². The van der Waals surface area contributed by atoms with Crippen LogP contribution in [-0.4, -0.2) is 59.6 Å². The van der Waals surface area contributed by atoms with Crippen LogP contribution >= 0.6 is 0 Å². The molecule has 0 spiro atoms. The summed E-state index contributed by atoms with van der Waals surface area (Å²) in [6.45, 7) is 2.82. The Morgan fingerprint density at radius 2 is 1.77 bits per heavy atom. The van der Waals surface area contributed by atoms with E-state index >= 15 is 0 Å². The second-order valence-corrected chi connectivity index (χ2v) is 7.74. The van der Waals surface area contributed by atoms with E-state index in [4.69, 9.17) is 4.42 Å². The minimum Gasteiger partial charge on any atom is -0.445 e. The Balaban J connectivity index is 1.51. The summed E-state index contributed by atoms with van der Waals surface area (Å²) in [5.74, 6) is 0.253. The molecule has 3 rings (SSSR count). The van der Waals surface area contributed by atoms with Crippen LogP contribution in [0.3, 0.4) is 0 Å². The molecule has 8 heteroatoms. The van der Waals surface area contributed by atoms with Gasteiger partial charge in [-0.1, -0.05) is 0 Å². The van der Waals surface area contributed by atoms with Gasteiger partial charge in [0, 0.05) is 51.5 Å². The molecule has 2 aromatic rings. The van der Waals surface area contributed by atoms with Crippen LogP contribution in [0.25, 0.3) is 0 Å². The van der Waals surface area contributed by atoms with Crippen molar-refractivity contribution in [3.05, 3.63) is 53.0 Å². The molecular formula is C22H26FN3O4. The monoisotopic (exact) mass is 415 g/mol. The SMILES string of the molecule is Cc1oc(C2CCN(C(=O)CCC(=O)c3ccc(F)cc3)CC2)nc1C(=O)N(C)C. The minimum atomic E-state index is -0.398. The highest BCUT2D eigenvalue weighted by Gasteiger charge is 2.29. The largest absolute Gasteiger partial charge is 0.445 e. The third-order valence-electron chi connectivity index (χ3n) is 5.35. The lowest BCUT2D eigenvalue weighted by atomic mass is 9.96. The van der Waals surface area contributed by atoms with Crippen LogP contribution in [0.15, 0.2) is 28.7 Å². The summed E-state index contributed by atoms with van der Waals surface area (Å²) >= 11 is 0. The van der Waals surface area contributed by atoms with E-state index in [0.717, 1.165) is 0 Å². The number of rotatable bonds is 6. The molecule has 0 radical (unpaired) electrons. The highest BCUT2D eigenvalue weighted by atomic mass is 19.1. The topological polar surface area (TPSA) is 83.7 Å². The summed E-state index contributed by atoms with van der Waals surface area (Å²) in [5, 5.41) is 0. The molecule has 1 saturated heterocycles. The van der Waals surface area contributed by atoms with Gasteiger partial charge in [0.25, 0.3) is 5.91 Å². The van der Waals surface area contributed by atoms with Gasteiger partial charge in [-0.3, -0.25) is 14.4 Å². The first-order chi connectivity index (χ1) is 14.3. The van der Waals surface area contributed by atoms with E-state index in [9.17, 15) is 18.8 Å². The normalized spacial score (nSPS) is 14.6. The first-order valence-corrected chi connectivity index (χ1v) is 10.0. The second kappa shape index (κ2) is 9.19. The third kappa shape index (κ3) is 4.93. The number of amides is 2. The number of carbonyl (C=O) groups is 3. The molecule has 1 aromatic carbocycles. The molecule has 0 unspecified atom stereocenters. The molecule has 0 saturated carbocycles. The van der Waals surface area contributed by atoms with Crippen molar-refractivity contribution in [3.8, 4) is 0 Å². The maximum Gasteiger partial charge on any atom is 0.275 e. The predicted octanol–water partition coefficient (Wildman–Crippen LogP) is 3.19. The Hall–Kier alpha value is -3.03. The first kappa shape index (κ1) is 21.7. The van der Waals surface area contributed by atoms with Crippen LogP contribution in [0.2, 0.25) is 0 Å². The van der Waals surface area contributed by atoms with Crippen LogP contribution in [0, 0.1) is 12.7 Å². The zero-order valence-corrected chi connectivity index (χ0v) is 17.5. The quantitative estimate of drug-likeness (QED) is 0.677. The molecule has 0 N–H and O–H groups in total. The van der Waals surface area contributed by atoms with Gasteiger partial charge in [0.1, 0.15) is 11.6 Å². The highest BCUT2D eigenvalue weighted by Crippen LogP contribution is 2.29. The van der Waals surface area contributed by atoms with E-state index in [1.807, 2.05) is 0 Å². The molecule has 0 atom stereocenters. The van der Waals surface area contributed by atoms with Crippen LogP contribution in [0.1, 0.15) is 64.1 Å². The average molecular weight is 415 g/mol. The van der Waals surface area contributed by atoms with Crippen molar-refractivity contribution in [3.63, 3.8) is 0 Å². The number of nitrogens with zero attached hydrogens (tertiary/aromatic N) is 3. The Bertz CT molecular complexity index is 928. The van der Waals surface area contributed by atoms with Gasteiger partial charge in [-0.15, -0.1) is 0 Å². The van der Waals surface area contributed by atoms with Crippen LogP contribution in [0.5, 0.6) is 0 Å². The summed E-state index contributed by atoms with van der Waals surface area (Å²) in [6.07, 6.45) is 1.60. The number of likely N-dealkylation sites (tertiary alicyclic amines) is 1. The Morgan fingerprint density at radius 1 is 1.13 bits per heavy atom. The maximum absolute atomic E-state index is 13.0. The van der Waals surface area contributed by atoms with Gasteiger partial charge < -0.3 is 14.2 Å². The zero-order valence-electron chi connectivity index (χ0n) is 17.5. The molecule has 0 aliphatic carbocycles. The van der Waals surface area contributed by atoms with Gasteiger partial charge in [-0.05, 0) is 44.0 Å². The van der Waals surface area contributed by atoms with Crippen LogP contribution < -0.4 is 0 Å². The lowest BCUT2D eigenvalue weighted by molar-refractivity contribution is -0.132. The van der Waals surface area contributed by atoms with Crippen molar-refractivity contribution in [1.82, 2.24) is 14.8 Å². The summed E-state index contributed by atoms with van der Waals surface area (Å²) in [5.41, 5.74) is 0.734. The van der Waals surface area contributed by atoms with E-state index in [2.05, 4.69) is 4.98 Å². The highest BCUT2D eigenvalue weighted by molar-refractivity contribution is 5.98. The summed E-state index contributed by atoms with van der Waals surface area (Å²) in [7, 11) is 3.34. The van der Waals surface area contributed by atoms with E-state index in [1.54, 1.807) is 25.9 Å². The molecule has 1 aliphatic heterocycles. The molecule has 160 valence electrons. The number of benzene rings is 1. The third-order valence-corrected chi connectivity index (χ3v) is 5.35. The van der Waals surface area contributed by atoms with E-state index in [1.165, 1.54) is 29.2 Å². The number of hydrogen-bond acceptors (Lipinski definition) is 5. The second-order valence-electron chi connectivity index (χ2n) is 7.74. The molecule has 2 heterocycles. The number of halogens is 1.